The van der Waals surface area contributed by atoms with Gasteiger partial charge in [0.2, 0.25) is 0 Å². The largest absolute Gasteiger partial charge is 1.00 e. The molecule has 2 atom stereocenters. The Kier molecular flexibility index (Phi) is 48.2. The topological polar surface area (TPSA) is 149 Å². The molecule has 0 saturated heterocycles. The first-order chi connectivity index (χ1) is 19.2. The van der Waals surface area contributed by atoms with Crippen molar-refractivity contribution in [3.63, 3.8) is 0 Å². The summed E-state index contributed by atoms with van der Waals surface area (Å²) in [6, 6.07) is 0. The van der Waals surface area contributed by atoms with Gasteiger partial charge in [0.1, 0.15) is 12.1 Å². The molecule has 0 aromatic heterocycles. The molecule has 8 nitrogen and oxygen atoms in total. The number of aliphatic carboxylic acids is 1. The van der Waals surface area contributed by atoms with Gasteiger partial charge in [0.25, 0.3) is 20.2 Å². The SMILES string of the molecule is CCCCC/C=C\C/C=C\CCCCCCCC(=O)[O-].CCCCCCCCCC(=O)CC=O.O=S(O)S(=O)O.[Na+]. The van der Waals surface area contributed by atoms with Gasteiger partial charge < -0.3 is 14.7 Å². The average molecular weight is 631 g/mol. The van der Waals surface area contributed by atoms with E-state index in [2.05, 4.69) is 38.2 Å². The van der Waals surface area contributed by atoms with E-state index in [-0.39, 0.29) is 48.2 Å². The number of allylic oxidation sites excluding steroid dienone is 4. The maximum Gasteiger partial charge on any atom is 1.00 e. The third kappa shape index (κ3) is 52.6. The molecule has 0 saturated carbocycles. The average Bonchev–Trinajstić information content (AvgIpc) is 2.91. The quantitative estimate of drug-likeness (QED) is 0.0290. The molecule has 0 fully saturated rings. The van der Waals surface area contributed by atoms with Crippen molar-refractivity contribution >= 4 is 38.3 Å². The second-order valence-corrected chi connectivity index (χ2v) is 12.1. The van der Waals surface area contributed by atoms with Crippen LogP contribution < -0.4 is 34.7 Å². The summed E-state index contributed by atoms with van der Waals surface area (Å²) in [6.45, 7) is 4.44. The van der Waals surface area contributed by atoms with Crippen molar-refractivity contribution in [3.8, 4) is 0 Å². The molecule has 0 spiro atoms. The van der Waals surface area contributed by atoms with Crippen LogP contribution in [0.4, 0.5) is 0 Å². The molecule has 0 aliphatic heterocycles. The van der Waals surface area contributed by atoms with E-state index in [9.17, 15) is 27.9 Å². The second kappa shape index (κ2) is 41.6. The summed E-state index contributed by atoms with van der Waals surface area (Å²) in [5.41, 5.74) is 0. The van der Waals surface area contributed by atoms with Crippen LogP contribution in [0.3, 0.4) is 0 Å². The van der Waals surface area contributed by atoms with Gasteiger partial charge in [-0.05, 0) is 51.4 Å². The number of ketones is 1. The van der Waals surface area contributed by atoms with E-state index in [4.69, 9.17) is 9.11 Å². The maximum atomic E-state index is 10.9. The first-order valence-corrected chi connectivity index (χ1v) is 17.6. The summed E-state index contributed by atoms with van der Waals surface area (Å²) < 4.78 is 33.6. The smallest absolute Gasteiger partial charge is 0.550 e. The number of aldehydes is 1. The Balaban J connectivity index is -0.000000283. The van der Waals surface area contributed by atoms with Gasteiger partial charge in [0.05, 0.1) is 6.42 Å². The maximum absolute atomic E-state index is 10.9. The number of hydrogen-bond acceptors (Lipinski definition) is 6. The second-order valence-electron chi connectivity index (χ2n) is 9.57. The van der Waals surface area contributed by atoms with Crippen LogP contribution in [0, 0.1) is 0 Å². The molecule has 0 aliphatic rings. The van der Waals surface area contributed by atoms with E-state index >= 15 is 0 Å². The van der Waals surface area contributed by atoms with Crippen molar-refractivity contribution < 1.29 is 66.6 Å². The Morgan fingerprint density at radius 2 is 1.02 bits per heavy atom. The molecule has 0 aromatic carbocycles. The Morgan fingerprint density at radius 3 is 1.46 bits per heavy atom. The van der Waals surface area contributed by atoms with Gasteiger partial charge in [-0.1, -0.05) is 109 Å². The molecule has 0 aromatic rings. The standard InChI is InChI=1S/C18H32O2.C12H22O2.Na.H2O4S2/c1-2-3-4-5-6-7-8-9-10-11-12-13-14-15-16-17-18(19)20;1-2-3-4-5-6-7-8-9-12(14)10-11-13;;1-5(2)6(3)4/h6-7,9-10H,2-5,8,11-17H2,1H3,(H,19,20);11H,2-10H2,1H3;;(H,1,2)(H,3,4)/q;;+1;/p-1/b7-6-,10-9-;;;. The van der Waals surface area contributed by atoms with Gasteiger partial charge in [0.15, 0.2) is 0 Å². The molecule has 0 radical (unpaired) electrons. The van der Waals surface area contributed by atoms with E-state index in [1.54, 1.807) is 0 Å². The molecule has 0 bridgehead atoms. The summed E-state index contributed by atoms with van der Waals surface area (Å²) in [5.74, 6) is -0.829. The van der Waals surface area contributed by atoms with Gasteiger partial charge in [-0.3, -0.25) is 13.9 Å². The summed E-state index contributed by atoms with van der Waals surface area (Å²) in [4.78, 5) is 31.2. The normalized spacial score (nSPS) is 12.0. The van der Waals surface area contributed by atoms with Crippen molar-refractivity contribution in [3.05, 3.63) is 24.3 Å². The number of rotatable bonds is 25. The van der Waals surface area contributed by atoms with Crippen molar-refractivity contribution in [2.45, 2.75) is 149 Å². The fourth-order valence-corrected chi connectivity index (χ4v) is 3.56. The van der Waals surface area contributed by atoms with Crippen LogP contribution in [-0.4, -0.2) is 35.6 Å². The van der Waals surface area contributed by atoms with Crippen LogP contribution in [0.2, 0.25) is 0 Å². The van der Waals surface area contributed by atoms with E-state index in [1.165, 1.54) is 70.6 Å². The summed E-state index contributed by atoms with van der Waals surface area (Å²) in [5, 5.41) is 10.2. The molecule has 0 rings (SSSR count). The number of hydrogen-bond donors (Lipinski definition) is 2. The number of carbonyl (C=O) groups excluding carboxylic acids is 3. The molecular formula is C30H55NaO8S2. The first-order valence-electron chi connectivity index (χ1n) is 14.9. The minimum atomic E-state index is -2.59. The fraction of sp³-hybridized carbons (Fsp3) is 0.767. The molecule has 2 N–H and O–H groups in total. The number of carboxylic acid groups (broad SMARTS) is 1. The number of unbranched alkanes of at least 4 members (excludes halogenated alkanes) is 14. The van der Waals surface area contributed by atoms with Crippen LogP contribution in [0.25, 0.3) is 0 Å². The van der Waals surface area contributed by atoms with E-state index in [1.807, 2.05) is 0 Å². The summed E-state index contributed by atoms with van der Waals surface area (Å²) >= 11 is 0. The van der Waals surface area contributed by atoms with Crippen molar-refractivity contribution in [1.82, 2.24) is 0 Å². The van der Waals surface area contributed by atoms with E-state index < -0.39 is 26.2 Å². The molecule has 0 heterocycles. The van der Waals surface area contributed by atoms with Crippen LogP contribution in [0.1, 0.15) is 149 Å². The monoisotopic (exact) mass is 630 g/mol. The van der Waals surface area contributed by atoms with E-state index in [0.29, 0.717) is 12.7 Å². The molecule has 41 heavy (non-hydrogen) atoms. The number of carbonyl (C=O) groups is 3. The Hall–Kier alpha value is -0.490. The summed E-state index contributed by atoms with van der Waals surface area (Å²) in [7, 11) is -5.18. The molecule has 0 aliphatic carbocycles. The Labute approximate surface area is 276 Å². The van der Waals surface area contributed by atoms with Gasteiger partial charge in [-0.25, -0.2) is 8.42 Å². The summed E-state index contributed by atoms with van der Waals surface area (Å²) in [6.07, 6.45) is 31.9. The zero-order valence-electron chi connectivity index (χ0n) is 25.9. The molecule has 2 unspecified atom stereocenters. The van der Waals surface area contributed by atoms with Crippen LogP contribution >= 0.6 is 0 Å². The Bertz CT molecular complexity index is 688. The van der Waals surface area contributed by atoms with Gasteiger partial charge in [0, 0.05) is 12.4 Å². The third-order valence-corrected chi connectivity index (χ3v) is 6.80. The Morgan fingerprint density at radius 1 is 0.634 bits per heavy atom. The van der Waals surface area contributed by atoms with Gasteiger partial charge in [-0.15, -0.1) is 0 Å². The predicted molar refractivity (Wildman–Crippen MR) is 164 cm³/mol. The molecule has 236 valence electrons. The minimum absolute atomic E-state index is 0. The minimum Gasteiger partial charge on any atom is -0.550 e. The van der Waals surface area contributed by atoms with Crippen LogP contribution in [0.15, 0.2) is 24.3 Å². The predicted octanol–water partition coefficient (Wildman–Crippen LogP) is 4.18. The molecular weight excluding hydrogens is 575 g/mol. The molecule has 0 amide bonds. The van der Waals surface area contributed by atoms with Gasteiger partial charge >= 0.3 is 29.6 Å². The number of Topliss-reactive ketones (excluding diaryl/α,β-unsaturated/α-hetero) is 1. The van der Waals surface area contributed by atoms with Crippen LogP contribution in [0.5, 0.6) is 0 Å². The zero-order valence-corrected chi connectivity index (χ0v) is 29.5. The van der Waals surface area contributed by atoms with Crippen molar-refractivity contribution in [2.75, 3.05) is 0 Å². The molecule has 11 heteroatoms. The van der Waals surface area contributed by atoms with Crippen molar-refractivity contribution in [2.24, 2.45) is 0 Å². The fourth-order valence-electron chi connectivity index (χ4n) is 3.56. The van der Waals surface area contributed by atoms with E-state index in [0.717, 1.165) is 44.9 Å². The third-order valence-electron chi connectivity index (χ3n) is 5.82. The van der Waals surface area contributed by atoms with Crippen molar-refractivity contribution in [1.29, 1.82) is 0 Å². The first kappa shape index (κ1) is 47.4. The number of carboxylic acids is 1. The van der Waals surface area contributed by atoms with Crippen LogP contribution in [-0.2, 0) is 34.6 Å². The zero-order chi connectivity index (χ0) is 30.7. The van der Waals surface area contributed by atoms with Gasteiger partial charge in [-0.2, -0.15) is 0 Å².